The lowest BCUT2D eigenvalue weighted by atomic mass is 10.0. The number of hydrogen-bond acceptors (Lipinski definition) is 4. The molecular formula is C15H23ClN4O. The number of anilines is 1. The summed E-state index contributed by atoms with van der Waals surface area (Å²) in [7, 11) is 7.76. The molecule has 116 valence electrons. The molecule has 0 saturated carbocycles. The number of amides is 1. The van der Waals surface area contributed by atoms with Crippen LogP contribution in [0.2, 0.25) is 5.15 Å². The zero-order valence-electron chi connectivity index (χ0n) is 13.1. The number of hydrogen-bond donors (Lipinski definition) is 0. The lowest BCUT2D eigenvalue weighted by Crippen LogP contribution is -2.44. The van der Waals surface area contributed by atoms with Gasteiger partial charge in [-0.15, -0.1) is 0 Å². The van der Waals surface area contributed by atoms with Crippen molar-refractivity contribution in [3.63, 3.8) is 0 Å². The molecule has 1 aromatic heterocycles. The van der Waals surface area contributed by atoms with Crippen LogP contribution in [0.1, 0.15) is 23.2 Å². The van der Waals surface area contributed by atoms with E-state index in [1.165, 1.54) is 0 Å². The maximum atomic E-state index is 12.7. The van der Waals surface area contributed by atoms with Crippen LogP contribution in [0.25, 0.3) is 0 Å². The molecule has 0 aromatic carbocycles. The van der Waals surface area contributed by atoms with Crippen LogP contribution in [0.5, 0.6) is 0 Å². The summed E-state index contributed by atoms with van der Waals surface area (Å²) in [6.45, 7) is 2.06. The van der Waals surface area contributed by atoms with Gasteiger partial charge in [-0.3, -0.25) is 4.79 Å². The summed E-state index contributed by atoms with van der Waals surface area (Å²) in [5.74, 6) is 0.708. The Morgan fingerprint density at radius 3 is 2.48 bits per heavy atom. The first kappa shape index (κ1) is 16.0. The Morgan fingerprint density at radius 1 is 1.29 bits per heavy atom. The molecule has 2 rings (SSSR count). The Kier molecular flexibility index (Phi) is 5.06. The SMILES string of the molecule is CN1CCC(N(C)C(=O)c2cc(Cl)nc(N(C)C)c2)CC1. The fourth-order valence-corrected chi connectivity index (χ4v) is 2.79. The van der Waals surface area contributed by atoms with Crippen LogP contribution in [0.3, 0.4) is 0 Å². The van der Waals surface area contributed by atoms with E-state index in [9.17, 15) is 4.79 Å². The van der Waals surface area contributed by atoms with Crippen LogP contribution >= 0.6 is 11.6 Å². The summed E-state index contributed by atoms with van der Waals surface area (Å²) in [6, 6.07) is 3.73. The van der Waals surface area contributed by atoms with Gasteiger partial charge in [0.15, 0.2) is 0 Å². The van der Waals surface area contributed by atoms with Gasteiger partial charge in [0.2, 0.25) is 0 Å². The van der Waals surface area contributed by atoms with E-state index >= 15 is 0 Å². The molecular weight excluding hydrogens is 288 g/mol. The van der Waals surface area contributed by atoms with E-state index in [0.717, 1.165) is 25.9 Å². The lowest BCUT2D eigenvalue weighted by molar-refractivity contribution is 0.0659. The van der Waals surface area contributed by atoms with Gasteiger partial charge in [0.25, 0.3) is 5.91 Å². The first-order valence-corrected chi connectivity index (χ1v) is 7.57. The maximum absolute atomic E-state index is 12.7. The quantitative estimate of drug-likeness (QED) is 0.800. The van der Waals surface area contributed by atoms with E-state index in [-0.39, 0.29) is 5.91 Å². The molecule has 0 bridgehead atoms. The van der Waals surface area contributed by atoms with Crippen molar-refractivity contribution >= 4 is 23.3 Å². The first-order chi connectivity index (χ1) is 9.88. The fraction of sp³-hybridized carbons (Fsp3) is 0.600. The summed E-state index contributed by atoms with van der Waals surface area (Å²) in [6.07, 6.45) is 2.02. The average Bonchev–Trinajstić information content (AvgIpc) is 2.45. The third-order valence-corrected chi connectivity index (χ3v) is 4.24. The minimum atomic E-state index is 0.0111. The number of piperidine rings is 1. The van der Waals surface area contributed by atoms with E-state index < -0.39 is 0 Å². The van der Waals surface area contributed by atoms with Crippen LogP contribution < -0.4 is 4.90 Å². The van der Waals surface area contributed by atoms with Crippen molar-refractivity contribution in [2.45, 2.75) is 18.9 Å². The molecule has 1 aromatic rings. The third kappa shape index (κ3) is 3.86. The highest BCUT2D eigenvalue weighted by atomic mass is 35.5. The molecule has 1 aliphatic rings. The highest BCUT2D eigenvalue weighted by Gasteiger charge is 2.25. The number of rotatable bonds is 3. The van der Waals surface area contributed by atoms with Crippen LogP contribution in [0.15, 0.2) is 12.1 Å². The number of aromatic nitrogens is 1. The van der Waals surface area contributed by atoms with Crippen molar-refractivity contribution in [3.8, 4) is 0 Å². The van der Waals surface area contributed by atoms with E-state index in [1.54, 1.807) is 12.1 Å². The van der Waals surface area contributed by atoms with E-state index in [4.69, 9.17) is 11.6 Å². The second-order valence-electron chi connectivity index (χ2n) is 5.88. The van der Waals surface area contributed by atoms with Crippen molar-refractivity contribution in [1.82, 2.24) is 14.8 Å². The molecule has 21 heavy (non-hydrogen) atoms. The molecule has 1 amide bonds. The molecule has 0 atom stereocenters. The monoisotopic (exact) mass is 310 g/mol. The summed E-state index contributed by atoms with van der Waals surface area (Å²) in [5, 5.41) is 0.348. The zero-order valence-corrected chi connectivity index (χ0v) is 13.9. The van der Waals surface area contributed by atoms with E-state index in [2.05, 4.69) is 16.9 Å². The molecule has 0 N–H and O–H groups in total. The van der Waals surface area contributed by atoms with Gasteiger partial charge < -0.3 is 14.7 Å². The molecule has 2 heterocycles. The van der Waals surface area contributed by atoms with Crippen molar-refractivity contribution < 1.29 is 4.79 Å². The summed E-state index contributed by atoms with van der Waals surface area (Å²) in [5.41, 5.74) is 0.597. The standard InChI is InChI=1S/C15H23ClN4O/c1-18(2)14-10-11(9-13(16)17-14)15(21)20(4)12-5-7-19(3)8-6-12/h9-10,12H,5-8H2,1-4H3. The van der Waals surface area contributed by atoms with Gasteiger partial charge in [0, 0.05) is 32.7 Å². The average molecular weight is 311 g/mol. The van der Waals surface area contributed by atoms with E-state index in [0.29, 0.717) is 22.6 Å². The topological polar surface area (TPSA) is 39.7 Å². The van der Waals surface area contributed by atoms with Crippen LogP contribution in [0.4, 0.5) is 5.82 Å². The number of halogens is 1. The minimum absolute atomic E-state index is 0.0111. The number of pyridine rings is 1. The summed E-state index contributed by atoms with van der Waals surface area (Å²) >= 11 is 6.03. The highest BCUT2D eigenvalue weighted by molar-refractivity contribution is 6.29. The van der Waals surface area contributed by atoms with Crippen molar-refractivity contribution in [3.05, 3.63) is 22.8 Å². The summed E-state index contributed by atoms with van der Waals surface area (Å²) in [4.78, 5) is 22.9. The van der Waals surface area contributed by atoms with Gasteiger partial charge >= 0.3 is 0 Å². The maximum Gasteiger partial charge on any atom is 0.254 e. The predicted molar refractivity (Wildman–Crippen MR) is 86.2 cm³/mol. The van der Waals surface area contributed by atoms with Crippen LogP contribution in [-0.2, 0) is 0 Å². The summed E-state index contributed by atoms with van der Waals surface area (Å²) < 4.78 is 0. The van der Waals surface area contributed by atoms with Crippen molar-refractivity contribution in [1.29, 1.82) is 0 Å². The van der Waals surface area contributed by atoms with Gasteiger partial charge in [-0.2, -0.15) is 0 Å². The molecule has 0 radical (unpaired) electrons. The number of nitrogens with zero attached hydrogens (tertiary/aromatic N) is 4. The van der Waals surface area contributed by atoms with E-state index in [1.807, 2.05) is 30.9 Å². The second kappa shape index (κ2) is 6.62. The second-order valence-corrected chi connectivity index (χ2v) is 6.27. The lowest BCUT2D eigenvalue weighted by Gasteiger charge is -2.35. The van der Waals surface area contributed by atoms with Gasteiger partial charge in [-0.1, -0.05) is 11.6 Å². The number of carbonyl (C=O) groups excluding carboxylic acids is 1. The molecule has 5 nitrogen and oxygen atoms in total. The third-order valence-electron chi connectivity index (χ3n) is 4.04. The van der Waals surface area contributed by atoms with Crippen LogP contribution in [0, 0.1) is 0 Å². The normalized spacial score (nSPS) is 16.8. The molecule has 6 heteroatoms. The molecule has 0 unspecified atom stereocenters. The van der Waals surface area contributed by atoms with Gasteiger partial charge in [-0.25, -0.2) is 4.98 Å². The Hall–Kier alpha value is -1.33. The largest absolute Gasteiger partial charge is 0.363 e. The Morgan fingerprint density at radius 2 is 1.90 bits per heavy atom. The van der Waals surface area contributed by atoms with Crippen molar-refractivity contribution in [2.24, 2.45) is 0 Å². The zero-order chi connectivity index (χ0) is 15.6. The van der Waals surface area contributed by atoms with Crippen LogP contribution in [-0.4, -0.2) is 68.0 Å². The smallest absolute Gasteiger partial charge is 0.254 e. The van der Waals surface area contributed by atoms with Gasteiger partial charge in [0.05, 0.1) is 0 Å². The Labute approximate surface area is 131 Å². The fourth-order valence-electron chi connectivity index (χ4n) is 2.59. The number of carbonyl (C=O) groups is 1. The Bertz CT molecular complexity index is 512. The molecule has 1 fully saturated rings. The Balaban J connectivity index is 2.15. The highest BCUT2D eigenvalue weighted by Crippen LogP contribution is 2.21. The molecule has 1 aliphatic heterocycles. The molecule has 0 spiro atoms. The first-order valence-electron chi connectivity index (χ1n) is 7.19. The predicted octanol–water partition coefficient (Wildman–Crippen LogP) is 1.97. The minimum Gasteiger partial charge on any atom is -0.363 e. The van der Waals surface area contributed by atoms with Gasteiger partial charge in [0.1, 0.15) is 11.0 Å². The van der Waals surface area contributed by atoms with Crippen molar-refractivity contribution in [2.75, 3.05) is 46.2 Å². The molecule has 1 saturated heterocycles. The number of likely N-dealkylation sites (tertiary alicyclic amines) is 1. The molecule has 0 aliphatic carbocycles. The van der Waals surface area contributed by atoms with Gasteiger partial charge in [-0.05, 0) is 45.1 Å².